The monoisotopic (exact) mass is 356 g/mol. The molecule has 6 nitrogen and oxygen atoms in total. The van der Waals surface area contributed by atoms with Gasteiger partial charge in [-0.25, -0.2) is 0 Å². The van der Waals surface area contributed by atoms with Crippen molar-refractivity contribution in [3.05, 3.63) is 59.7 Å². The van der Waals surface area contributed by atoms with Crippen molar-refractivity contribution >= 4 is 5.91 Å². The smallest absolute Gasteiger partial charge is 0.247 e. The number of carbonyl (C=O) groups is 1. The third kappa shape index (κ3) is 4.74. The number of hydrogen-bond donors (Lipinski definition) is 1. The van der Waals surface area contributed by atoms with E-state index >= 15 is 0 Å². The zero-order chi connectivity index (χ0) is 18.4. The number of benzene rings is 2. The van der Waals surface area contributed by atoms with Gasteiger partial charge < -0.3 is 19.9 Å². The predicted octanol–water partition coefficient (Wildman–Crippen LogP) is 1.96. The van der Waals surface area contributed by atoms with Crippen LogP contribution in [0.4, 0.5) is 0 Å². The van der Waals surface area contributed by atoms with Gasteiger partial charge in [0.1, 0.15) is 12.7 Å². The van der Waals surface area contributed by atoms with Gasteiger partial charge in [-0.15, -0.1) is 0 Å². The first-order chi connectivity index (χ1) is 12.7. The van der Waals surface area contributed by atoms with E-state index in [1.54, 1.807) is 7.11 Å². The largest absolute Gasteiger partial charge is 0.493 e. The first kappa shape index (κ1) is 18.2. The highest BCUT2D eigenvalue weighted by Crippen LogP contribution is 2.29. The molecule has 1 aliphatic rings. The molecule has 6 heteroatoms. The molecule has 0 aliphatic carbocycles. The molecule has 138 valence electrons. The maximum Gasteiger partial charge on any atom is 0.247 e. The highest BCUT2D eigenvalue weighted by atomic mass is 16.5. The maximum atomic E-state index is 11.3. The summed E-state index contributed by atoms with van der Waals surface area (Å²) in [5.41, 5.74) is 7.53. The minimum absolute atomic E-state index is 0.419. The van der Waals surface area contributed by atoms with Gasteiger partial charge in [-0.3, -0.25) is 9.69 Å². The van der Waals surface area contributed by atoms with Crippen LogP contribution >= 0.6 is 0 Å². The first-order valence-electron chi connectivity index (χ1n) is 8.62. The van der Waals surface area contributed by atoms with Gasteiger partial charge in [-0.2, -0.15) is 0 Å². The van der Waals surface area contributed by atoms with Crippen LogP contribution in [0.2, 0.25) is 0 Å². The summed E-state index contributed by atoms with van der Waals surface area (Å²) >= 11 is 0. The van der Waals surface area contributed by atoms with Crippen molar-refractivity contribution in [2.24, 2.45) is 5.73 Å². The number of amides is 1. The van der Waals surface area contributed by atoms with Gasteiger partial charge in [0, 0.05) is 19.6 Å². The van der Waals surface area contributed by atoms with Crippen LogP contribution in [-0.2, 0) is 22.7 Å². The van der Waals surface area contributed by atoms with Crippen molar-refractivity contribution in [2.75, 3.05) is 26.8 Å². The average Bonchev–Trinajstić information content (AvgIpc) is 2.68. The Morgan fingerprint density at radius 1 is 1.19 bits per heavy atom. The number of primary amides is 1. The first-order valence-corrected chi connectivity index (χ1v) is 8.62. The molecule has 1 fully saturated rings. The molecule has 2 aromatic carbocycles. The SMILES string of the molecule is COc1cc(CN2CCOC(C(N)=O)C2)ccc1OCc1ccccc1. The Bertz CT molecular complexity index is 736. The minimum atomic E-state index is -0.542. The van der Waals surface area contributed by atoms with Crippen LogP contribution in [-0.4, -0.2) is 43.7 Å². The number of morpholine rings is 1. The summed E-state index contributed by atoms with van der Waals surface area (Å²) in [7, 11) is 1.63. The Labute approximate surface area is 153 Å². The molecule has 26 heavy (non-hydrogen) atoms. The summed E-state index contributed by atoms with van der Waals surface area (Å²) in [6, 6.07) is 15.9. The number of methoxy groups -OCH3 is 1. The lowest BCUT2D eigenvalue weighted by atomic mass is 10.1. The van der Waals surface area contributed by atoms with E-state index in [1.807, 2.05) is 48.5 Å². The van der Waals surface area contributed by atoms with Crippen LogP contribution < -0.4 is 15.2 Å². The fourth-order valence-corrected chi connectivity index (χ4v) is 2.94. The van der Waals surface area contributed by atoms with Crippen LogP contribution in [0.3, 0.4) is 0 Å². The molecular weight excluding hydrogens is 332 g/mol. The van der Waals surface area contributed by atoms with Gasteiger partial charge in [-0.1, -0.05) is 36.4 Å². The number of carbonyl (C=O) groups excluding carboxylic acids is 1. The highest BCUT2D eigenvalue weighted by molar-refractivity contribution is 5.79. The Hall–Kier alpha value is -2.57. The average molecular weight is 356 g/mol. The molecule has 1 unspecified atom stereocenters. The fraction of sp³-hybridized carbons (Fsp3) is 0.350. The van der Waals surface area contributed by atoms with E-state index in [0.29, 0.717) is 37.8 Å². The van der Waals surface area contributed by atoms with E-state index in [1.165, 1.54) is 0 Å². The molecule has 2 aromatic rings. The zero-order valence-corrected chi connectivity index (χ0v) is 14.9. The summed E-state index contributed by atoms with van der Waals surface area (Å²) in [4.78, 5) is 13.5. The molecule has 1 atom stereocenters. The summed E-state index contributed by atoms with van der Waals surface area (Å²) < 4.78 is 16.8. The molecule has 3 rings (SSSR count). The molecule has 0 aromatic heterocycles. The molecule has 1 aliphatic heterocycles. The van der Waals surface area contributed by atoms with Crippen LogP contribution in [0.15, 0.2) is 48.5 Å². The number of hydrogen-bond acceptors (Lipinski definition) is 5. The van der Waals surface area contributed by atoms with E-state index in [9.17, 15) is 4.79 Å². The zero-order valence-electron chi connectivity index (χ0n) is 14.9. The Morgan fingerprint density at radius 2 is 2.00 bits per heavy atom. The summed E-state index contributed by atoms with van der Waals surface area (Å²) in [6.45, 7) is 2.95. The molecular formula is C20H24N2O4. The maximum absolute atomic E-state index is 11.3. The van der Waals surface area contributed by atoms with Gasteiger partial charge in [0.2, 0.25) is 5.91 Å². The molecule has 0 spiro atoms. The number of ether oxygens (including phenoxy) is 3. The normalized spacial score (nSPS) is 17.7. The van der Waals surface area contributed by atoms with E-state index in [-0.39, 0.29) is 0 Å². The predicted molar refractivity (Wildman–Crippen MR) is 98.0 cm³/mol. The second-order valence-corrected chi connectivity index (χ2v) is 6.26. The van der Waals surface area contributed by atoms with Crippen molar-refractivity contribution in [2.45, 2.75) is 19.3 Å². The van der Waals surface area contributed by atoms with Crippen molar-refractivity contribution in [3.8, 4) is 11.5 Å². The topological polar surface area (TPSA) is 74.0 Å². The quantitative estimate of drug-likeness (QED) is 0.821. The van der Waals surface area contributed by atoms with Gasteiger partial charge in [-0.05, 0) is 23.3 Å². The van der Waals surface area contributed by atoms with Gasteiger partial charge in [0.25, 0.3) is 0 Å². The van der Waals surface area contributed by atoms with Crippen molar-refractivity contribution in [1.82, 2.24) is 4.90 Å². The summed E-state index contributed by atoms with van der Waals surface area (Å²) in [6.07, 6.45) is -0.542. The third-order valence-electron chi connectivity index (χ3n) is 4.34. The number of rotatable bonds is 7. The van der Waals surface area contributed by atoms with Gasteiger partial charge in [0.05, 0.1) is 13.7 Å². The molecule has 1 amide bonds. The molecule has 2 N–H and O–H groups in total. The third-order valence-corrected chi connectivity index (χ3v) is 4.34. The number of nitrogens with two attached hydrogens (primary N) is 1. The van der Waals surface area contributed by atoms with E-state index in [0.717, 1.165) is 17.7 Å². The minimum Gasteiger partial charge on any atom is -0.493 e. The lowest BCUT2D eigenvalue weighted by Crippen LogP contribution is -2.47. The van der Waals surface area contributed by atoms with Crippen LogP contribution in [0.25, 0.3) is 0 Å². The van der Waals surface area contributed by atoms with Gasteiger partial charge in [0.15, 0.2) is 11.5 Å². The summed E-state index contributed by atoms with van der Waals surface area (Å²) in [5, 5.41) is 0. The van der Waals surface area contributed by atoms with Crippen molar-refractivity contribution in [3.63, 3.8) is 0 Å². The molecule has 0 saturated carbocycles. The van der Waals surface area contributed by atoms with E-state index in [2.05, 4.69) is 4.90 Å². The molecule has 0 radical (unpaired) electrons. The summed E-state index contributed by atoms with van der Waals surface area (Å²) in [5.74, 6) is 0.979. The fourth-order valence-electron chi connectivity index (χ4n) is 2.94. The van der Waals surface area contributed by atoms with Crippen LogP contribution in [0.5, 0.6) is 11.5 Å². The van der Waals surface area contributed by atoms with Crippen LogP contribution in [0.1, 0.15) is 11.1 Å². The van der Waals surface area contributed by atoms with E-state index < -0.39 is 12.0 Å². The second kappa shape index (κ2) is 8.69. The molecule has 1 heterocycles. The molecule has 1 saturated heterocycles. The van der Waals surface area contributed by atoms with E-state index in [4.69, 9.17) is 19.9 Å². The molecule has 0 bridgehead atoms. The second-order valence-electron chi connectivity index (χ2n) is 6.26. The van der Waals surface area contributed by atoms with Crippen molar-refractivity contribution < 1.29 is 19.0 Å². The highest BCUT2D eigenvalue weighted by Gasteiger charge is 2.24. The lowest BCUT2D eigenvalue weighted by Gasteiger charge is -2.31. The van der Waals surface area contributed by atoms with Gasteiger partial charge >= 0.3 is 0 Å². The Kier molecular flexibility index (Phi) is 6.09. The standard InChI is InChI=1S/C20H24N2O4/c1-24-18-11-16(12-22-9-10-25-19(13-22)20(21)23)7-8-17(18)26-14-15-5-3-2-4-6-15/h2-8,11,19H,9-10,12-14H2,1H3,(H2,21,23). The Morgan fingerprint density at radius 3 is 2.73 bits per heavy atom. The van der Waals surface area contributed by atoms with Crippen LogP contribution in [0, 0.1) is 0 Å². The lowest BCUT2D eigenvalue weighted by molar-refractivity contribution is -0.135. The Balaban J connectivity index is 1.63. The van der Waals surface area contributed by atoms with Crippen molar-refractivity contribution in [1.29, 1.82) is 0 Å². The number of nitrogens with zero attached hydrogens (tertiary/aromatic N) is 1.